The highest BCUT2D eigenvalue weighted by molar-refractivity contribution is 9.10. The lowest BCUT2D eigenvalue weighted by Gasteiger charge is -2.11. The zero-order valence-corrected chi connectivity index (χ0v) is 16.1. The first-order valence-electron chi connectivity index (χ1n) is 7.84. The van der Waals surface area contributed by atoms with Gasteiger partial charge < -0.3 is 4.74 Å². The summed E-state index contributed by atoms with van der Waals surface area (Å²) < 4.78 is 34.3. The first kappa shape index (κ1) is 17.9. The predicted octanol–water partition coefficient (Wildman–Crippen LogP) is 4.27. The quantitative estimate of drug-likeness (QED) is 0.606. The summed E-state index contributed by atoms with van der Waals surface area (Å²) in [5.74, 6) is 0.721. The lowest BCUT2D eigenvalue weighted by atomic mass is 10.1. The van der Waals surface area contributed by atoms with Crippen LogP contribution in [0.1, 0.15) is 5.56 Å². The van der Waals surface area contributed by atoms with Crippen molar-refractivity contribution < 1.29 is 13.2 Å². The molecule has 0 aromatic heterocycles. The Balaban J connectivity index is 1.70. The van der Waals surface area contributed by atoms with Gasteiger partial charge in [0, 0.05) is 16.4 Å². The second-order valence-electron chi connectivity index (χ2n) is 5.65. The average molecular weight is 420 g/mol. The third-order valence-electron chi connectivity index (χ3n) is 3.80. The molecular formula is C19H18BrNO3S. The Labute approximate surface area is 156 Å². The van der Waals surface area contributed by atoms with Crippen molar-refractivity contribution in [1.29, 1.82) is 0 Å². The van der Waals surface area contributed by atoms with Crippen LogP contribution in [0.4, 0.5) is 0 Å². The van der Waals surface area contributed by atoms with Crippen LogP contribution >= 0.6 is 15.9 Å². The molecule has 0 atom stereocenters. The molecule has 130 valence electrons. The van der Waals surface area contributed by atoms with E-state index in [2.05, 4.69) is 20.7 Å². The molecule has 6 heteroatoms. The van der Waals surface area contributed by atoms with Crippen LogP contribution in [0, 0.1) is 6.92 Å². The number of rotatable bonds is 6. The molecule has 0 aliphatic heterocycles. The van der Waals surface area contributed by atoms with E-state index >= 15 is 0 Å². The normalized spacial score (nSPS) is 11.6. The van der Waals surface area contributed by atoms with Gasteiger partial charge in [-0.05, 0) is 36.6 Å². The number of fused-ring (bicyclic) bond motifs is 1. The van der Waals surface area contributed by atoms with Crippen molar-refractivity contribution in [3.8, 4) is 5.75 Å². The Bertz CT molecular complexity index is 985. The molecule has 0 saturated heterocycles. The highest BCUT2D eigenvalue weighted by atomic mass is 79.9. The van der Waals surface area contributed by atoms with Crippen molar-refractivity contribution in [2.75, 3.05) is 13.2 Å². The molecule has 0 amide bonds. The fraction of sp³-hybridized carbons (Fsp3) is 0.158. The van der Waals surface area contributed by atoms with Gasteiger partial charge in [0.25, 0.3) is 0 Å². The summed E-state index contributed by atoms with van der Waals surface area (Å²) in [6.45, 7) is 2.46. The monoisotopic (exact) mass is 419 g/mol. The first-order chi connectivity index (χ1) is 12.0. The number of halogens is 1. The minimum Gasteiger partial charge on any atom is -0.492 e. The molecule has 1 N–H and O–H groups in total. The molecule has 0 unspecified atom stereocenters. The van der Waals surface area contributed by atoms with Gasteiger partial charge in [-0.15, -0.1) is 0 Å². The third-order valence-corrected chi connectivity index (χ3v) is 6.01. The van der Waals surface area contributed by atoms with Gasteiger partial charge in [0.05, 0.1) is 4.90 Å². The van der Waals surface area contributed by atoms with E-state index in [4.69, 9.17) is 4.74 Å². The molecule has 0 spiro atoms. The number of hydrogen-bond acceptors (Lipinski definition) is 3. The van der Waals surface area contributed by atoms with Crippen molar-refractivity contribution in [3.05, 3.63) is 70.7 Å². The number of nitrogens with one attached hydrogen (secondary N) is 1. The lowest BCUT2D eigenvalue weighted by Crippen LogP contribution is -2.28. The van der Waals surface area contributed by atoms with Crippen molar-refractivity contribution >= 4 is 36.7 Å². The Hall–Kier alpha value is -1.89. The van der Waals surface area contributed by atoms with Crippen LogP contribution in [0.15, 0.2) is 70.0 Å². The zero-order valence-electron chi connectivity index (χ0n) is 13.7. The van der Waals surface area contributed by atoms with Gasteiger partial charge in [-0.2, -0.15) is 0 Å². The van der Waals surface area contributed by atoms with Crippen molar-refractivity contribution in [2.24, 2.45) is 0 Å². The van der Waals surface area contributed by atoms with E-state index in [0.29, 0.717) is 5.39 Å². The van der Waals surface area contributed by atoms with E-state index in [-0.39, 0.29) is 18.0 Å². The predicted molar refractivity (Wildman–Crippen MR) is 104 cm³/mol. The van der Waals surface area contributed by atoms with Crippen molar-refractivity contribution in [2.45, 2.75) is 11.8 Å². The highest BCUT2D eigenvalue weighted by Crippen LogP contribution is 2.29. The maximum atomic E-state index is 12.6. The smallest absolute Gasteiger partial charge is 0.241 e. The van der Waals surface area contributed by atoms with E-state index in [1.54, 1.807) is 18.2 Å². The molecule has 3 aromatic rings. The minimum atomic E-state index is -3.62. The van der Waals surface area contributed by atoms with Crippen LogP contribution in [0.5, 0.6) is 5.75 Å². The van der Waals surface area contributed by atoms with Gasteiger partial charge in [0.15, 0.2) is 0 Å². The lowest BCUT2D eigenvalue weighted by molar-refractivity contribution is 0.323. The van der Waals surface area contributed by atoms with E-state index in [9.17, 15) is 8.42 Å². The summed E-state index contributed by atoms with van der Waals surface area (Å²) in [5, 5.41) is 1.55. The average Bonchev–Trinajstić information content (AvgIpc) is 2.60. The van der Waals surface area contributed by atoms with Crippen LogP contribution < -0.4 is 9.46 Å². The fourth-order valence-electron chi connectivity index (χ4n) is 2.53. The molecule has 0 saturated carbocycles. The number of benzene rings is 3. The highest BCUT2D eigenvalue weighted by Gasteiger charge is 2.17. The van der Waals surface area contributed by atoms with Crippen LogP contribution in [-0.2, 0) is 10.0 Å². The minimum absolute atomic E-state index is 0.195. The zero-order chi connectivity index (χ0) is 17.9. The molecule has 0 heterocycles. The summed E-state index contributed by atoms with van der Waals surface area (Å²) >= 11 is 3.46. The molecule has 3 aromatic carbocycles. The van der Waals surface area contributed by atoms with Gasteiger partial charge in [0.1, 0.15) is 12.4 Å². The Morgan fingerprint density at radius 3 is 2.36 bits per heavy atom. The van der Waals surface area contributed by atoms with Crippen LogP contribution in [0.3, 0.4) is 0 Å². The molecule has 0 radical (unpaired) electrons. The Morgan fingerprint density at radius 2 is 1.64 bits per heavy atom. The third kappa shape index (κ3) is 4.21. The summed E-state index contributed by atoms with van der Waals surface area (Å²) in [4.78, 5) is 0.265. The van der Waals surface area contributed by atoms with Gasteiger partial charge in [-0.1, -0.05) is 57.9 Å². The molecule has 0 aliphatic rings. The van der Waals surface area contributed by atoms with Crippen LogP contribution in [0.2, 0.25) is 0 Å². The maximum Gasteiger partial charge on any atom is 0.241 e. The van der Waals surface area contributed by atoms with E-state index in [1.807, 2.05) is 49.4 Å². The Kier molecular flexibility index (Phi) is 5.42. The van der Waals surface area contributed by atoms with Gasteiger partial charge in [0.2, 0.25) is 10.0 Å². The van der Waals surface area contributed by atoms with E-state index in [1.165, 1.54) is 0 Å². The number of hydrogen-bond donors (Lipinski definition) is 1. The molecule has 4 nitrogen and oxygen atoms in total. The Morgan fingerprint density at radius 1 is 0.960 bits per heavy atom. The molecule has 0 aliphatic carbocycles. The second-order valence-corrected chi connectivity index (χ2v) is 8.24. The van der Waals surface area contributed by atoms with Crippen LogP contribution in [-0.4, -0.2) is 21.6 Å². The van der Waals surface area contributed by atoms with Gasteiger partial charge >= 0.3 is 0 Å². The van der Waals surface area contributed by atoms with Gasteiger partial charge in [-0.3, -0.25) is 0 Å². The number of ether oxygens (including phenoxy) is 1. The number of sulfonamides is 1. The van der Waals surface area contributed by atoms with E-state index < -0.39 is 10.0 Å². The van der Waals surface area contributed by atoms with Crippen molar-refractivity contribution in [3.63, 3.8) is 0 Å². The molecular weight excluding hydrogens is 402 g/mol. The second kappa shape index (κ2) is 7.56. The fourth-order valence-corrected chi connectivity index (χ4v) is 4.23. The van der Waals surface area contributed by atoms with Crippen molar-refractivity contribution in [1.82, 2.24) is 4.72 Å². The molecule has 3 rings (SSSR count). The maximum absolute atomic E-state index is 12.6. The number of aryl methyl sites for hydroxylation is 1. The molecule has 0 bridgehead atoms. The van der Waals surface area contributed by atoms with Gasteiger partial charge in [-0.25, -0.2) is 13.1 Å². The summed E-state index contributed by atoms with van der Waals surface area (Å²) in [7, 11) is -3.62. The van der Waals surface area contributed by atoms with Crippen LogP contribution in [0.25, 0.3) is 10.8 Å². The summed E-state index contributed by atoms with van der Waals surface area (Å²) in [6, 6.07) is 18.4. The summed E-state index contributed by atoms with van der Waals surface area (Å²) in [5.41, 5.74) is 1.15. The first-order valence-corrected chi connectivity index (χ1v) is 10.1. The summed E-state index contributed by atoms with van der Waals surface area (Å²) in [6.07, 6.45) is 0. The molecule has 25 heavy (non-hydrogen) atoms. The SMILES string of the molecule is Cc1ccc(OCCNS(=O)(=O)c2ccc(Br)c3ccccc23)cc1. The standard InChI is InChI=1S/C19H18BrNO3S/c1-14-6-8-15(9-7-14)24-13-12-21-25(22,23)19-11-10-18(20)16-4-2-3-5-17(16)19/h2-11,21H,12-13H2,1H3. The van der Waals surface area contributed by atoms with E-state index in [0.717, 1.165) is 21.2 Å². The topological polar surface area (TPSA) is 55.4 Å². The molecule has 0 fully saturated rings. The largest absolute Gasteiger partial charge is 0.492 e.